The van der Waals surface area contributed by atoms with Gasteiger partial charge >= 0.3 is 0 Å². The van der Waals surface area contributed by atoms with Gasteiger partial charge in [0, 0.05) is 24.6 Å². The van der Waals surface area contributed by atoms with Gasteiger partial charge in [-0.3, -0.25) is 0 Å². The maximum atomic E-state index is 5.97. The summed E-state index contributed by atoms with van der Waals surface area (Å²) in [7, 11) is 1.63. The Balaban J connectivity index is 2.00. The standard InChI is InChI=1S/C18H24N4O2/c1-13-6-7-16(11-14(13)2)22-18(19)21-12-15-5-4-8-20-17(15)24-10-9-23-3/h4-8,11H,9-10,12H2,1-3H3,(H3,19,21,22). The van der Waals surface area contributed by atoms with Crippen molar-refractivity contribution in [2.45, 2.75) is 20.4 Å². The first-order valence-corrected chi connectivity index (χ1v) is 7.80. The quantitative estimate of drug-likeness (QED) is 0.464. The molecule has 0 spiro atoms. The first-order valence-electron chi connectivity index (χ1n) is 7.80. The van der Waals surface area contributed by atoms with Crippen molar-refractivity contribution in [1.29, 1.82) is 0 Å². The van der Waals surface area contributed by atoms with Gasteiger partial charge in [-0.05, 0) is 43.2 Å². The monoisotopic (exact) mass is 328 g/mol. The van der Waals surface area contributed by atoms with Crippen LogP contribution < -0.4 is 15.8 Å². The number of aliphatic imine (C=N–C) groups is 1. The zero-order valence-electron chi connectivity index (χ0n) is 14.4. The summed E-state index contributed by atoms with van der Waals surface area (Å²) >= 11 is 0. The van der Waals surface area contributed by atoms with Gasteiger partial charge in [0.05, 0.1) is 13.2 Å². The van der Waals surface area contributed by atoms with E-state index >= 15 is 0 Å². The fourth-order valence-corrected chi connectivity index (χ4v) is 2.07. The molecule has 1 aromatic heterocycles. The largest absolute Gasteiger partial charge is 0.475 e. The van der Waals surface area contributed by atoms with Crippen LogP contribution in [0.15, 0.2) is 41.5 Å². The highest BCUT2D eigenvalue weighted by Gasteiger charge is 2.05. The molecule has 3 N–H and O–H groups in total. The number of methoxy groups -OCH3 is 1. The molecule has 1 heterocycles. The highest BCUT2D eigenvalue weighted by molar-refractivity contribution is 5.92. The second-order valence-corrected chi connectivity index (χ2v) is 5.43. The lowest BCUT2D eigenvalue weighted by molar-refractivity contribution is 0.143. The van der Waals surface area contributed by atoms with E-state index in [1.165, 1.54) is 11.1 Å². The molecule has 0 amide bonds. The number of hydrogen-bond acceptors (Lipinski definition) is 4. The van der Waals surface area contributed by atoms with E-state index < -0.39 is 0 Å². The highest BCUT2D eigenvalue weighted by Crippen LogP contribution is 2.16. The molecular weight excluding hydrogens is 304 g/mol. The first-order chi connectivity index (χ1) is 11.6. The van der Waals surface area contributed by atoms with Gasteiger partial charge in [-0.1, -0.05) is 12.1 Å². The lowest BCUT2D eigenvalue weighted by atomic mass is 10.1. The maximum Gasteiger partial charge on any atom is 0.218 e. The van der Waals surface area contributed by atoms with Crippen molar-refractivity contribution in [3.63, 3.8) is 0 Å². The normalized spacial score (nSPS) is 11.4. The minimum Gasteiger partial charge on any atom is -0.475 e. The van der Waals surface area contributed by atoms with Crippen LogP contribution in [0.4, 0.5) is 5.69 Å². The number of rotatable bonds is 7. The Hall–Kier alpha value is -2.60. The van der Waals surface area contributed by atoms with E-state index in [9.17, 15) is 0 Å². The van der Waals surface area contributed by atoms with Gasteiger partial charge in [-0.15, -0.1) is 0 Å². The van der Waals surface area contributed by atoms with Gasteiger partial charge in [0.25, 0.3) is 0 Å². The Kier molecular flexibility index (Phi) is 6.57. The Morgan fingerprint density at radius 3 is 2.79 bits per heavy atom. The van der Waals surface area contributed by atoms with Crippen LogP contribution in [0, 0.1) is 13.8 Å². The second-order valence-electron chi connectivity index (χ2n) is 5.43. The zero-order chi connectivity index (χ0) is 17.4. The van der Waals surface area contributed by atoms with E-state index in [1.54, 1.807) is 13.3 Å². The third-order valence-electron chi connectivity index (χ3n) is 3.58. The van der Waals surface area contributed by atoms with E-state index in [0.29, 0.717) is 31.6 Å². The molecule has 2 aromatic rings. The number of pyridine rings is 1. The van der Waals surface area contributed by atoms with Gasteiger partial charge in [0.15, 0.2) is 5.96 Å². The SMILES string of the molecule is COCCOc1ncccc1CN=C(N)Nc1ccc(C)c(C)c1. The molecule has 0 unspecified atom stereocenters. The van der Waals surface area contributed by atoms with E-state index in [4.69, 9.17) is 15.2 Å². The van der Waals surface area contributed by atoms with E-state index in [2.05, 4.69) is 29.1 Å². The Labute approximate surface area is 142 Å². The zero-order valence-corrected chi connectivity index (χ0v) is 14.4. The Morgan fingerprint density at radius 1 is 1.21 bits per heavy atom. The van der Waals surface area contributed by atoms with Crippen LogP contribution in [0.1, 0.15) is 16.7 Å². The van der Waals surface area contributed by atoms with Gasteiger partial charge in [0.1, 0.15) is 6.61 Å². The number of guanidine groups is 1. The Morgan fingerprint density at radius 2 is 2.04 bits per heavy atom. The van der Waals surface area contributed by atoms with Crippen molar-refractivity contribution >= 4 is 11.6 Å². The van der Waals surface area contributed by atoms with Gasteiger partial charge in [-0.25, -0.2) is 9.98 Å². The van der Waals surface area contributed by atoms with Crippen molar-refractivity contribution in [3.05, 3.63) is 53.2 Å². The minimum absolute atomic E-state index is 0.352. The number of nitrogens with one attached hydrogen (secondary N) is 1. The molecular formula is C18H24N4O2. The fourth-order valence-electron chi connectivity index (χ4n) is 2.07. The van der Waals surface area contributed by atoms with Crippen molar-refractivity contribution < 1.29 is 9.47 Å². The van der Waals surface area contributed by atoms with Gasteiger partial charge < -0.3 is 20.5 Å². The van der Waals surface area contributed by atoms with Gasteiger partial charge in [0.2, 0.25) is 5.88 Å². The summed E-state index contributed by atoms with van der Waals surface area (Å²) in [5.74, 6) is 0.905. The number of nitrogens with two attached hydrogens (primary N) is 1. The number of ether oxygens (including phenoxy) is 2. The third kappa shape index (κ3) is 5.24. The topological polar surface area (TPSA) is 81.8 Å². The fraction of sp³-hybridized carbons (Fsp3) is 0.333. The second kappa shape index (κ2) is 8.88. The van der Waals surface area contributed by atoms with Crippen LogP contribution in [0.5, 0.6) is 5.88 Å². The van der Waals surface area contributed by atoms with Crippen molar-refractivity contribution in [1.82, 2.24) is 4.98 Å². The summed E-state index contributed by atoms with van der Waals surface area (Å²) in [6.45, 7) is 5.48. The summed E-state index contributed by atoms with van der Waals surface area (Å²) in [4.78, 5) is 8.59. The lowest BCUT2D eigenvalue weighted by Gasteiger charge is -2.10. The number of anilines is 1. The summed E-state index contributed by atoms with van der Waals surface area (Å²) in [6, 6.07) is 9.84. The number of nitrogens with zero attached hydrogens (tertiary/aromatic N) is 2. The molecule has 0 aliphatic heterocycles. The molecule has 0 saturated heterocycles. The number of aromatic nitrogens is 1. The molecule has 0 aliphatic carbocycles. The average Bonchev–Trinajstić information content (AvgIpc) is 2.57. The molecule has 128 valence electrons. The predicted molar refractivity (Wildman–Crippen MR) is 96.5 cm³/mol. The molecule has 6 nitrogen and oxygen atoms in total. The van der Waals surface area contributed by atoms with Crippen LogP contribution in [0.3, 0.4) is 0 Å². The third-order valence-corrected chi connectivity index (χ3v) is 3.58. The smallest absolute Gasteiger partial charge is 0.218 e. The van der Waals surface area contributed by atoms with Gasteiger partial charge in [-0.2, -0.15) is 0 Å². The molecule has 2 rings (SSSR count). The Bertz CT molecular complexity index is 701. The molecule has 0 atom stereocenters. The predicted octanol–water partition coefficient (Wildman–Crippen LogP) is 2.65. The maximum absolute atomic E-state index is 5.97. The molecule has 0 fully saturated rings. The molecule has 0 radical (unpaired) electrons. The van der Waals surface area contributed by atoms with Crippen LogP contribution in [-0.4, -0.2) is 31.3 Å². The number of benzene rings is 1. The first kappa shape index (κ1) is 17.7. The van der Waals surface area contributed by atoms with Crippen LogP contribution in [0.2, 0.25) is 0 Å². The summed E-state index contributed by atoms with van der Waals surface area (Å²) in [6.07, 6.45) is 1.69. The minimum atomic E-state index is 0.352. The lowest BCUT2D eigenvalue weighted by Crippen LogP contribution is -2.22. The van der Waals surface area contributed by atoms with Crippen LogP contribution >= 0.6 is 0 Å². The van der Waals surface area contributed by atoms with Crippen molar-refractivity contribution in [2.24, 2.45) is 10.7 Å². The summed E-state index contributed by atoms with van der Waals surface area (Å²) in [5.41, 5.74) is 10.2. The van der Waals surface area contributed by atoms with E-state index in [-0.39, 0.29) is 0 Å². The summed E-state index contributed by atoms with van der Waals surface area (Å²) < 4.78 is 10.6. The molecule has 24 heavy (non-hydrogen) atoms. The average molecular weight is 328 g/mol. The van der Waals surface area contributed by atoms with Crippen molar-refractivity contribution in [2.75, 3.05) is 25.6 Å². The molecule has 1 aromatic carbocycles. The summed E-state index contributed by atoms with van der Waals surface area (Å²) in [5, 5.41) is 3.10. The van der Waals surface area contributed by atoms with E-state index in [0.717, 1.165) is 11.3 Å². The molecule has 0 bridgehead atoms. The molecule has 6 heteroatoms. The van der Waals surface area contributed by atoms with Crippen LogP contribution in [-0.2, 0) is 11.3 Å². The molecule has 0 saturated carbocycles. The van der Waals surface area contributed by atoms with Crippen LogP contribution in [0.25, 0.3) is 0 Å². The number of hydrogen-bond donors (Lipinski definition) is 2. The highest BCUT2D eigenvalue weighted by atomic mass is 16.5. The number of aryl methyl sites for hydroxylation is 2. The van der Waals surface area contributed by atoms with Crippen molar-refractivity contribution in [3.8, 4) is 5.88 Å². The molecule has 0 aliphatic rings. The van der Waals surface area contributed by atoms with E-state index in [1.807, 2.05) is 30.3 Å².